The van der Waals surface area contributed by atoms with Crippen LogP contribution in [0, 0.1) is 0 Å². The Hall–Kier alpha value is 0.134. The van der Waals surface area contributed by atoms with E-state index in [0.717, 1.165) is 5.75 Å². The first kappa shape index (κ1) is 28.2. The van der Waals surface area contributed by atoms with Crippen molar-refractivity contribution >= 4 is 34.4 Å². The lowest BCUT2D eigenvalue weighted by atomic mass is 10.0. The van der Waals surface area contributed by atoms with Gasteiger partial charge < -0.3 is 18.3 Å². The van der Waals surface area contributed by atoms with Crippen LogP contribution in [0.5, 0.6) is 0 Å². The van der Waals surface area contributed by atoms with Crippen LogP contribution in [-0.2, 0) is 23.1 Å². The summed E-state index contributed by atoms with van der Waals surface area (Å²) >= 11 is 1.66. The molecule has 0 unspecified atom stereocenters. The van der Waals surface area contributed by atoms with Crippen LogP contribution in [-0.4, -0.2) is 58.2 Å². The Morgan fingerprint density at radius 1 is 0.900 bits per heavy atom. The van der Waals surface area contributed by atoms with Crippen LogP contribution in [0.3, 0.4) is 0 Å². The van der Waals surface area contributed by atoms with Crippen LogP contribution >= 0.6 is 11.8 Å². The standard InChI is InChI=1S/C22H46O5SSi2/c1-14-28-20-19(25-16(3)23)18(27-30(12,13)22(7,8)9)17(15(2)24-20)26-29(10,11)21(4,5)6/h15,17-20H,14H2,1-13H3/t15-,17+,18+,19-,20+/m0/s1. The van der Waals surface area contributed by atoms with E-state index in [1.807, 2.05) is 0 Å². The lowest BCUT2D eigenvalue weighted by molar-refractivity contribution is -0.202. The molecule has 0 radical (unpaired) electrons. The molecule has 5 nitrogen and oxygen atoms in total. The van der Waals surface area contributed by atoms with Crippen molar-refractivity contribution in [3.63, 3.8) is 0 Å². The molecule has 1 aliphatic rings. The highest BCUT2D eigenvalue weighted by atomic mass is 32.2. The van der Waals surface area contributed by atoms with Crippen molar-refractivity contribution in [2.75, 3.05) is 5.75 Å². The summed E-state index contributed by atoms with van der Waals surface area (Å²) in [6, 6.07) is 0. The van der Waals surface area contributed by atoms with Crippen LogP contribution in [0.25, 0.3) is 0 Å². The zero-order valence-corrected chi connectivity index (χ0v) is 24.4. The predicted octanol–water partition coefficient (Wildman–Crippen LogP) is 6.20. The van der Waals surface area contributed by atoms with Gasteiger partial charge in [0.05, 0.1) is 12.2 Å². The number of rotatable bonds is 7. The Morgan fingerprint density at radius 2 is 1.33 bits per heavy atom. The van der Waals surface area contributed by atoms with Gasteiger partial charge in [-0.2, -0.15) is 0 Å². The number of hydrogen-bond donors (Lipinski definition) is 0. The number of ether oxygens (including phenoxy) is 2. The van der Waals surface area contributed by atoms with Gasteiger partial charge in [-0.25, -0.2) is 0 Å². The first-order chi connectivity index (χ1) is 13.3. The van der Waals surface area contributed by atoms with E-state index in [4.69, 9.17) is 18.3 Å². The van der Waals surface area contributed by atoms with Gasteiger partial charge in [-0.3, -0.25) is 4.79 Å². The highest BCUT2D eigenvalue weighted by Gasteiger charge is 2.54. The summed E-state index contributed by atoms with van der Waals surface area (Å²) in [5, 5.41) is 0.0877. The van der Waals surface area contributed by atoms with Crippen molar-refractivity contribution in [1.82, 2.24) is 0 Å². The Kier molecular flexibility index (Phi) is 9.34. The number of thioether (sulfide) groups is 1. The van der Waals surface area contributed by atoms with Crippen molar-refractivity contribution in [3.05, 3.63) is 0 Å². The van der Waals surface area contributed by atoms with Crippen LogP contribution in [0.15, 0.2) is 0 Å². The topological polar surface area (TPSA) is 54.0 Å². The molecule has 1 saturated heterocycles. The summed E-state index contributed by atoms with van der Waals surface area (Å²) < 4.78 is 26.0. The molecule has 1 rings (SSSR count). The largest absolute Gasteiger partial charge is 0.456 e. The van der Waals surface area contributed by atoms with Gasteiger partial charge in [-0.15, -0.1) is 11.8 Å². The molecule has 30 heavy (non-hydrogen) atoms. The summed E-state index contributed by atoms with van der Waals surface area (Å²) in [5.74, 6) is 0.560. The fourth-order valence-electron chi connectivity index (χ4n) is 2.92. The van der Waals surface area contributed by atoms with Crippen molar-refractivity contribution in [1.29, 1.82) is 0 Å². The van der Waals surface area contributed by atoms with E-state index in [-0.39, 0.29) is 39.8 Å². The Balaban J connectivity index is 3.44. The van der Waals surface area contributed by atoms with E-state index in [1.165, 1.54) is 6.92 Å². The minimum absolute atomic E-state index is 0.0320. The van der Waals surface area contributed by atoms with Crippen LogP contribution in [0.1, 0.15) is 62.3 Å². The Morgan fingerprint density at radius 3 is 1.70 bits per heavy atom. The van der Waals surface area contributed by atoms with Crippen molar-refractivity contribution in [2.24, 2.45) is 0 Å². The Bertz CT molecular complexity index is 583. The van der Waals surface area contributed by atoms with E-state index in [9.17, 15) is 4.79 Å². The molecule has 0 aliphatic carbocycles. The zero-order chi connectivity index (χ0) is 23.7. The first-order valence-corrected chi connectivity index (χ1v) is 18.0. The van der Waals surface area contributed by atoms with Gasteiger partial charge in [0.25, 0.3) is 0 Å². The number of carbonyl (C=O) groups excluding carboxylic acids is 1. The van der Waals surface area contributed by atoms with Crippen molar-refractivity contribution in [2.45, 2.75) is 128 Å². The normalized spacial score (nSPS) is 29.0. The van der Waals surface area contributed by atoms with Crippen molar-refractivity contribution < 1.29 is 23.1 Å². The van der Waals surface area contributed by atoms with E-state index in [2.05, 4.69) is 81.6 Å². The maximum atomic E-state index is 12.0. The molecule has 0 N–H and O–H groups in total. The third-order valence-corrected chi connectivity index (χ3v) is 16.8. The van der Waals surface area contributed by atoms with Gasteiger partial charge in [0.15, 0.2) is 22.7 Å². The van der Waals surface area contributed by atoms with Crippen LogP contribution in [0.4, 0.5) is 0 Å². The van der Waals surface area contributed by atoms with Crippen molar-refractivity contribution in [3.8, 4) is 0 Å². The molecule has 5 atom stereocenters. The molecule has 1 aliphatic heterocycles. The fourth-order valence-corrected chi connectivity index (χ4v) is 6.56. The predicted molar refractivity (Wildman–Crippen MR) is 132 cm³/mol. The van der Waals surface area contributed by atoms with Gasteiger partial charge in [-0.05, 0) is 48.9 Å². The molecule has 8 heteroatoms. The molecule has 0 spiro atoms. The maximum Gasteiger partial charge on any atom is 0.303 e. The molecule has 0 bridgehead atoms. The van der Waals surface area contributed by atoms with Gasteiger partial charge in [0.1, 0.15) is 11.5 Å². The average molecular weight is 479 g/mol. The van der Waals surface area contributed by atoms with Gasteiger partial charge in [0, 0.05) is 6.92 Å². The van der Waals surface area contributed by atoms with Gasteiger partial charge in [0.2, 0.25) is 0 Å². The molecule has 0 aromatic carbocycles. The molecular weight excluding hydrogens is 432 g/mol. The second-order valence-corrected chi connectivity index (χ2v) is 22.3. The summed E-state index contributed by atoms with van der Waals surface area (Å²) in [7, 11) is -4.25. The average Bonchev–Trinajstić information content (AvgIpc) is 2.52. The third-order valence-electron chi connectivity index (χ3n) is 6.83. The lowest BCUT2D eigenvalue weighted by Crippen LogP contribution is -2.64. The van der Waals surface area contributed by atoms with Gasteiger partial charge in [-0.1, -0.05) is 48.5 Å². The number of hydrogen-bond acceptors (Lipinski definition) is 6. The van der Waals surface area contributed by atoms with Crippen LogP contribution in [0.2, 0.25) is 36.3 Å². The molecule has 0 aromatic heterocycles. The summed E-state index contributed by atoms with van der Waals surface area (Å²) in [4.78, 5) is 12.0. The highest BCUT2D eigenvalue weighted by molar-refractivity contribution is 7.99. The monoisotopic (exact) mass is 478 g/mol. The summed E-state index contributed by atoms with van der Waals surface area (Å²) in [6.45, 7) is 28.0. The minimum atomic E-state index is -2.15. The Labute approximate surface area is 191 Å². The van der Waals surface area contributed by atoms with Gasteiger partial charge >= 0.3 is 5.97 Å². The quantitative estimate of drug-likeness (QED) is 0.321. The maximum absolute atomic E-state index is 12.0. The molecule has 0 amide bonds. The smallest absolute Gasteiger partial charge is 0.303 e. The molecule has 178 valence electrons. The van der Waals surface area contributed by atoms with E-state index < -0.39 is 22.7 Å². The summed E-state index contributed by atoms with van der Waals surface area (Å²) in [6.07, 6.45) is -1.27. The molecule has 1 fully saturated rings. The third kappa shape index (κ3) is 6.81. The first-order valence-electron chi connectivity index (χ1n) is 11.1. The summed E-state index contributed by atoms with van der Waals surface area (Å²) in [5.41, 5.74) is -0.261. The second-order valence-electron chi connectivity index (χ2n) is 11.4. The molecule has 1 heterocycles. The van der Waals surface area contributed by atoms with E-state index in [1.54, 1.807) is 11.8 Å². The van der Waals surface area contributed by atoms with E-state index in [0.29, 0.717) is 0 Å². The SMILES string of the molecule is CCS[C@H]1O[C@@H](C)[C@@H](O[Si](C)(C)C(C)(C)C)[C@@H](O[Si](C)(C)C(C)(C)C)[C@@H]1OC(C)=O. The molecule has 0 aromatic rings. The number of carbonyl (C=O) groups is 1. The molecular formula is C22H46O5SSi2. The zero-order valence-electron chi connectivity index (χ0n) is 21.5. The fraction of sp³-hybridized carbons (Fsp3) is 0.955. The second kappa shape index (κ2) is 9.95. The van der Waals surface area contributed by atoms with E-state index >= 15 is 0 Å². The number of esters is 1. The highest BCUT2D eigenvalue weighted by Crippen LogP contribution is 2.44. The lowest BCUT2D eigenvalue weighted by Gasteiger charge is -2.51. The minimum Gasteiger partial charge on any atom is -0.456 e. The molecule has 0 saturated carbocycles. The van der Waals surface area contributed by atoms with Crippen LogP contribution < -0.4 is 0 Å².